The minimum atomic E-state index is -0.0246. The zero-order valence-electron chi connectivity index (χ0n) is 18.9. The van der Waals surface area contributed by atoms with Gasteiger partial charge < -0.3 is 13.9 Å². The van der Waals surface area contributed by atoms with Crippen molar-refractivity contribution < 1.29 is 9.21 Å². The summed E-state index contributed by atoms with van der Waals surface area (Å²) in [5.74, 6) is 0.735. The van der Waals surface area contributed by atoms with Gasteiger partial charge in [0.05, 0.1) is 19.4 Å². The average Bonchev–Trinajstić information content (AvgIpc) is 3.57. The zero-order valence-corrected chi connectivity index (χ0v) is 18.9. The van der Waals surface area contributed by atoms with Gasteiger partial charge in [-0.3, -0.25) is 4.79 Å². The number of benzene rings is 3. The molecule has 0 fully saturated rings. The van der Waals surface area contributed by atoms with Crippen molar-refractivity contribution in [2.75, 3.05) is 0 Å². The Morgan fingerprint density at radius 2 is 1.41 bits per heavy atom. The fourth-order valence-electron chi connectivity index (χ4n) is 4.13. The Balaban J connectivity index is 1.38. The van der Waals surface area contributed by atoms with Gasteiger partial charge in [-0.1, -0.05) is 72.8 Å². The van der Waals surface area contributed by atoms with Crippen molar-refractivity contribution in [1.29, 1.82) is 0 Å². The molecule has 0 aliphatic carbocycles. The van der Waals surface area contributed by atoms with Crippen LogP contribution in [0.1, 0.15) is 27.4 Å². The summed E-state index contributed by atoms with van der Waals surface area (Å²) in [6.07, 6.45) is 3.71. The van der Waals surface area contributed by atoms with Crippen LogP contribution in [0, 0.1) is 0 Å². The van der Waals surface area contributed by atoms with Gasteiger partial charge in [-0.25, -0.2) is 0 Å². The summed E-state index contributed by atoms with van der Waals surface area (Å²) < 4.78 is 7.76. The van der Waals surface area contributed by atoms with E-state index in [9.17, 15) is 4.79 Å². The highest BCUT2D eigenvalue weighted by Gasteiger charge is 2.19. The van der Waals surface area contributed by atoms with Crippen LogP contribution >= 0.6 is 0 Å². The van der Waals surface area contributed by atoms with Crippen LogP contribution in [-0.2, 0) is 19.6 Å². The van der Waals surface area contributed by atoms with Crippen LogP contribution in [0.15, 0.2) is 126 Å². The minimum absolute atomic E-state index is 0.0246. The third-order valence-corrected chi connectivity index (χ3v) is 5.93. The highest BCUT2D eigenvalue weighted by molar-refractivity contribution is 5.94. The fraction of sp³-hybridized carbons (Fsp3) is 0.100. The Kier molecular flexibility index (Phi) is 6.39. The summed E-state index contributed by atoms with van der Waals surface area (Å²) in [7, 11) is 0. The van der Waals surface area contributed by atoms with Crippen molar-refractivity contribution in [3.05, 3.63) is 144 Å². The molecule has 5 aromatic rings. The quantitative estimate of drug-likeness (QED) is 0.268. The molecule has 2 heterocycles. The second-order valence-electron chi connectivity index (χ2n) is 8.30. The first-order chi connectivity index (χ1) is 16.8. The predicted octanol–water partition coefficient (Wildman–Crippen LogP) is 6.64. The van der Waals surface area contributed by atoms with Crippen molar-refractivity contribution in [1.82, 2.24) is 9.47 Å². The molecule has 0 N–H and O–H groups in total. The smallest absolute Gasteiger partial charge is 0.254 e. The maximum Gasteiger partial charge on any atom is 0.254 e. The second kappa shape index (κ2) is 10.1. The monoisotopic (exact) mass is 446 g/mol. The number of nitrogens with zero attached hydrogens (tertiary/aromatic N) is 2. The van der Waals surface area contributed by atoms with Crippen molar-refractivity contribution in [2.24, 2.45) is 0 Å². The van der Waals surface area contributed by atoms with Crippen LogP contribution in [0.2, 0.25) is 0 Å². The lowest BCUT2D eigenvalue weighted by atomic mass is 10.0. The molecule has 5 rings (SSSR count). The first-order valence-corrected chi connectivity index (χ1v) is 11.4. The van der Waals surface area contributed by atoms with Crippen molar-refractivity contribution in [2.45, 2.75) is 19.6 Å². The van der Waals surface area contributed by atoms with Crippen LogP contribution in [0.25, 0.3) is 11.1 Å². The van der Waals surface area contributed by atoms with E-state index >= 15 is 0 Å². The lowest BCUT2D eigenvalue weighted by molar-refractivity contribution is 0.0713. The van der Waals surface area contributed by atoms with E-state index in [1.54, 1.807) is 6.26 Å². The maximum absolute atomic E-state index is 13.6. The molecular weight excluding hydrogens is 420 g/mol. The molecule has 3 aromatic carbocycles. The summed E-state index contributed by atoms with van der Waals surface area (Å²) in [6, 6.07) is 36.2. The molecule has 2 aromatic heterocycles. The first-order valence-electron chi connectivity index (χ1n) is 11.4. The highest BCUT2D eigenvalue weighted by Crippen LogP contribution is 2.21. The Morgan fingerprint density at radius 3 is 2.12 bits per heavy atom. The number of amides is 1. The summed E-state index contributed by atoms with van der Waals surface area (Å²) in [6.45, 7) is 1.65. The lowest BCUT2D eigenvalue weighted by Gasteiger charge is -2.23. The van der Waals surface area contributed by atoms with E-state index in [0.717, 1.165) is 29.1 Å². The number of carbonyl (C=O) groups excluding carboxylic acids is 1. The van der Waals surface area contributed by atoms with Gasteiger partial charge in [-0.2, -0.15) is 0 Å². The highest BCUT2D eigenvalue weighted by atomic mass is 16.3. The standard InChI is InChI=1S/C30H26N2O2/c33-30(27-17-15-26(16-18-27)25-11-5-2-6-12-25)32(23-29-14-8-20-34-29)22-28-13-7-19-31(28)21-24-9-3-1-4-10-24/h1-20H,21-23H2. The molecular formula is C30H26N2O2. The molecule has 168 valence electrons. The zero-order chi connectivity index (χ0) is 23.2. The predicted molar refractivity (Wildman–Crippen MR) is 134 cm³/mol. The topological polar surface area (TPSA) is 38.4 Å². The molecule has 0 spiro atoms. The molecule has 34 heavy (non-hydrogen) atoms. The van der Waals surface area contributed by atoms with E-state index in [1.807, 2.05) is 83.8 Å². The Bertz CT molecular complexity index is 1320. The largest absolute Gasteiger partial charge is 0.467 e. The van der Waals surface area contributed by atoms with Gasteiger partial charge in [0.25, 0.3) is 5.91 Å². The number of carbonyl (C=O) groups is 1. The lowest BCUT2D eigenvalue weighted by Crippen LogP contribution is -2.31. The maximum atomic E-state index is 13.6. The van der Waals surface area contributed by atoms with Gasteiger partial charge in [0.1, 0.15) is 5.76 Å². The third-order valence-electron chi connectivity index (χ3n) is 5.93. The van der Waals surface area contributed by atoms with E-state index in [2.05, 4.69) is 41.1 Å². The van der Waals surface area contributed by atoms with Crippen LogP contribution < -0.4 is 0 Å². The molecule has 1 amide bonds. The average molecular weight is 447 g/mol. The number of rotatable bonds is 8. The van der Waals surface area contributed by atoms with E-state index in [1.165, 1.54) is 5.56 Å². The second-order valence-corrected chi connectivity index (χ2v) is 8.30. The molecule has 0 saturated heterocycles. The van der Waals surface area contributed by atoms with Crippen LogP contribution in [0.5, 0.6) is 0 Å². The van der Waals surface area contributed by atoms with Crippen molar-refractivity contribution in [3.63, 3.8) is 0 Å². The van der Waals surface area contributed by atoms with Gasteiger partial charge in [0.15, 0.2) is 0 Å². The normalized spacial score (nSPS) is 10.8. The van der Waals surface area contributed by atoms with E-state index in [-0.39, 0.29) is 5.91 Å². The van der Waals surface area contributed by atoms with Crippen LogP contribution in [0.3, 0.4) is 0 Å². The summed E-state index contributed by atoms with van der Waals surface area (Å²) in [5, 5.41) is 0. The Labute approximate surface area is 199 Å². The first kappa shape index (κ1) is 21.5. The molecule has 4 heteroatoms. The van der Waals surface area contributed by atoms with Gasteiger partial charge in [-0.15, -0.1) is 0 Å². The summed E-state index contributed by atoms with van der Waals surface area (Å²) in [4.78, 5) is 15.4. The van der Waals surface area contributed by atoms with Gasteiger partial charge in [0.2, 0.25) is 0 Å². The number of hydrogen-bond acceptors (Lipinski definition) is 2. The van der Waals surface area contributed by atoms with E-state index in [4.69, 9.17) is 4.42 Å². The number of hydrogen-bond donors (Lipinski definition) is 0. The van der Waals surface area contributed by atoms with Crippen molar-refractivity contribution in [3.8, 4) is 11.1 Å². The van der Waals surface area contributed by atoms with Gasteiger partial charge >= 0.3 is 0 Å². The SMILES string of the molecule is O=C(c1ccc(-c2ccccc2)cc1)N(Cc1ccco1)Cc1cccn1Cc1ccccc1. The molecule has 0 atom stereocenters. The molecule has 0 radical (unpaired) electrons. The van der Waals surface area contributed by atoms with Crippen LogP contribution in [-0.4, -0.2) is 15.4 Å². The number of furan rings is 1. The molecule has 0 saturated carbocycles. The Morgan fingerprint density at radius 1 is 0.706 bits per heavy atom. The molecule has 4 nitrogen and oxygen atoms in total. The van der Waals surface area contributed by atoms with E-state index in [0.29, 0.717) is 18.7 Å². The van der Waals surface area contributed by atoms with Crippen LogP contribution in [0.4, 0.5) is 0 Å². The molecule has 0 aliphatic rings. The third kappa shape index (κ3) is 5.02. The Hall–Kier alpha value is -4.31. The molecule has 0 aliphatic heterocycles. The summed E-state index contributed by atoms with van der Waals surface area (Å²) >= 11 is 0. The van der Waals surface area contributed by atoms with E-state index < -0.39 is 0 Å². The van der Waals surface area contributed by atoms with Gasteiger partial charge in [0, 0.05) is 24.0 Å². The minimum Gasteiger partial charge on any atom is -0.467 e. The van der Waals surface area contributed by atoms with Gasteiger partial charge in [-0.05, 0) is 53.1 Å². The number of aromatic nitrogens is 1. The fourth-order valence-corrected chi connectivity index (χ4v) is 4.13. The molecule has 0 bridgehead atoms. The van der Waals surface area contributed by atoms with Crippen molar-refractivity contribution >= 4 is 5.91 Å². The molecule has 0 unspecified atom stereocenters. The summed E-state index contributed by atoms with van der Waals surface area (Å²) in [5.41, 5.74) is 5.18.